The summed E-state index contributed by atoms with van der Waals surface area (Å²) in [6, 6.07) is 38.3. The molecule has 730 valence electrons. The Morgan fingerprint density at radius 1 is 0.507 bits per heavy atom. The number of carbonyl (C=O) groups is 7. The number of methoxy groups -OCH3 is 7. The summed E-state index contributed by atoms with van der Waals surface area (Å²) in [7, 11) is 10.1. The molecule has 0 bridgehead atoms. The molecule has 43 heteroatoms. The molecular weight excluding hydrogens is 1950 g/mol. The molecule has 136 heavy (non-hydrogen) atoms. The van der Waals surface area contributed by atoms with Gasteiger partial charge in [-0.2, -0.15) is 0 Å². The van der Waals surface area contributed by atoms with Crippen LogP contribution in [0.15, 0.2) is 218 Å². The number of anilines is 2. The Bertz CT molecular complexity index is 5440. The zero-order valence-electron chi connectivity index (χ0n) is 75.5. The van der Waals surface area contributed by atoms with Gasteiger partial charge in [0, 0.05) is 94.9 Å². The molecule has 1 atom stereocenters. The maximum absolute atomic E-state index is 12.8. The lowest BCUT2D eigenvalue weighted by Gasteiger charge is -2.21. The van der Waals surface area contributed by atoms with Crippen molar-refractivity contribution in [2.24, 2.45) is 0 Å². The Labute approximate surface area is 802 Å². The third-order valence-corrected chi connectivity index (χ3v) is 18.1. The first-order chi connectivity index (χ1) is 64.6. The molecule has 8 aromatic carbocycles. The molecule has 0 spiro atoms. The van der Waals surface area contributed by atoms with Crippen LogP contribution in [0.4, 0.5) is 53.0 Å². The number of nitrogens with zero attached hydrogens (tertiary/aromatic N) is 6. The van der Waals surface area contributed by atoms with E-state index >= 15 is 0 Å². The van der Waals surface area contributed by atoms with Gasteiger partial charge >= 0.3 is 36.2 Å². The fraction of sp³-hybridized carbons (Fsp3) is 0.258. The third-order valence-electron chi connectivity index (χ3n) is 16.4. The van der Waals surface area contributed by atoms with Crippen LogP contribution in [0.3, 0.4) is 0 Å². The van der Waals surface area contributed by atoms with Gasteiger partial charge in [0.15, 0.2) is 0 Å². The van der Waals surface area contributed by atoms with E-state index in [0.717, 1.165) is 48.3 Å². The second-order valence-corrected chi connectivity index (χ2v) is 28.2. The van der Waals surface area contributed by atoms with Crippen LogP contribution in [0, 0.1) is 50.6 Å². The predicted octanol–water partition coefficient (Wildman–Crippen LogP) is 19.6. The molecule has 3 N–H and O–H groups in total. The highest BCUT2D eigenvalue weighted by Gasteiger charge is 2.34. The molecule has 1 unspecified atom stereocenters. The molecule has 9 rings (SSSR count). The number of allylic oxidation sites excluding steroid dienone is 3. The molecule has 1 heterocycles. The lowest BCUT2D eigenvalue weighted by molar-refractivity contribution is -0.385. The van der Waals surface area contributed by atoms with Gasteiger partial charge in [-0.25, -0.2) is 19.2 Å². The van der Waals surface area contributed by atoms with E-state index < -0.39 is 47.7 Å². The molecule has 1 amide bonds. The summed E-state index contributed by atoms with van der Waals surface area (Å²) in [5.74, 6) is 0.380. The van der Waals surface area contributed by atoms with E-state index in [0.29, 0.717) is 130 Å². The molecule has 0 saturated heterocycles. The molecule has 8 aromatic rings. The van der Waals surface area contributed by atoms with Crippen molar-refractivity contribution in [3.63, 3.8) is 0 Å². The van der Waals surface area contributed by atoms with E-state index in [-0.39, 0.29) is 64.6 Å². The van der Waals surface area contributed by atoms with Crippen LogP contribution in [-0.2, 0) is 70.1 Å². The number of esters is 5. The van der Waals surface area contributed by atoms with Crippen LogP contribution >= 0.6 is 43.5 Å². The van der Waals surface area contributed by atoms with E-state index in [1.165, 1.54) is 163 Å². The topological polar surface area (TPSA) is 495 Å². The molecular formula is C93H101Br2ClF3N7O30. The van der Waals surface area contributed by atoms with E-state index in [4.69, 9.17) is 60.3 Å². The van der Waals surface area contributed by atoms with Gasteiger partial charge in [0.1, 0.15) is 51.4 Å². The summed E-state index contributed by atoms with van der Waals surface area (Å²) >= 11 is 12.3. The van der Waals surface area contributed by atoms with Gasteiger partial charge in [-0.3, -0.25) is 65.0 Å². The first-order valence-electron chi connectivity index (χ1n) is 39.9. The van der Waals surface area contributed by atoms with Crippen molar-refractivity contribution in [2.45, 2.75) is 71.0 Å². The number of benzene rings is 8. The maximum atomic E-state index is 12.8. The van der Waals surface area contributed by atoms with Gasteiger partial charge in [0.05, 0.1) is 143 Å². The highest BCUT2D eigenvalue weighted by molar-refractivity contribution is 9.10. The minimum Gasteiger partial charge on any atom is -0.497 e. The number of carbonyl (C=O) groups excluding carboxylic acids is 7. The largest absolute Gasteiger partial charge is 0.573 e. The molecule has 0 radical (unpaired) electrons. The number of halogens is 6. The number of hydrogen-bond donors (Lipinski definition) is 2. The minimum atomic E-state index is -4.77. The number of non-ortho nitro benzene ring substituents is 5. The van der Waals surface area contributed by atoms with Gasteiger partial charge in [0.2, 0.25) is 5.91 Å². The fourth-order valence-electron chi connectivity index (χ4n) is 10.4. The summed E-state index contributed by atoms with van der Waals surface area (Å²) in [4.78, 5) is 127. The number of nitro benzene ring substituents is 5. The number of unbranched alkanes of at least 4 members (excludes halogenated alkanes) is 1. The molecule has 0 saturated carbocycles. The standard InChI is InChI=1S/C17H12BrClF3NO2.C14H15NO5.C14H21NO3.C11H11NO5.C10H11NO4.C10H9NO4.C7H6BrNO3.2C5H8O2/c18-15(11-1-4-12(19)5-2-11)16(24)23-8-7-10-3-6-13(9-14(10)23)25-17(20,21)22;1-3-20-14(16)7-5-4-6-11-8-12(15(17)18)10-13(9-11)19-2;1-3-18-14(16)7-5-4-6-11-8-12(15)10-13(9-11)17-2;1-16-10-6-8(3-4-11(13)17-2)5-9(7-10)12(14)15;2*1-15-10-6-8(3-2-4-12)5-9(7-10)11(13)14;1-12-7-3-5(8)2-6(4-7)9(10)11;2*1-3-5(6)7-4-2/h1-6,9,15H,7-8H2;4-10H,3H2,1-2H3;8-10H,3-7,15H2,1-2H3;3-7H,1-2H3;2-3,5-7,12H,4H2,1H3;2-7H,1H3;2-4H,1H3;2*3H,1,4H2,2H3/b;6-4+,7-5+;;4-3+;2*3-2+;;;. The summed E-state index contributed by atoms with van der Waals surface area (Å²) < 4.78 is 94.4. The molecule has 0 aromatic heterocycles. The summed E-state index contributed by atoms with van der Waals surface area (Å²) in [5.41, 5.74) is 11.6. The number of amides is 1. The highest BCUT2D eigenvalue weighted by Crippen LogP contribution is 2.38. The van der Waals surface area contributed by atoms with Gasteiger partial charge in [-0.05, 0) is 165 Å². The van der Waals surface area contributed by atoms with Crippen LogP contribution in [0.1, 0.15) is 90.7 Å². The second kappa shape index (κ2) is 66.2. The van der Waals surface area contributed by atoms with E-state index in [2.05, 4.69) is 64.0 Å². The lowest BCUT2D eigenvalue weighted by Crippen LogP contribution is -2.31. The fourth-order valence-corrected chi connectivity index (χ4v) is 11.6. The van der Waals surface area contributed by atoms with Crippen molar-refractivity contribution in [3.8, 4) is 40.2 Å². The smallest absolute Gasteiger partial charge is 0.497 e. The Morgan fingerprint density at radius 2 is 0.926 bits per heavy atom. The maximum Gasteiger partial charge on any atom is 0.573 e. The van der Waals surface area contributed by atoms with Crippen molar-refractivity contribution >= 4 is 150 Å². The number of fused-ring (bicyclic) bond motifs is 1. The van der Waals surface area contributed by atoms with Crippen molar-refractivity contribution in [3.05, 3.63) is 312 Å². The Hall–Kier alpha value is -15.2. The number of hydrogen-bond acceptors (Lipinski definition) is 31. The first kappa shape index (κ1) is 119. The average molecular weight is 2050 g/mol. The molecule has 37 nitrogen and oxygen atoms in total. The Balaban J connectivity index is 0.000000781. The number of aliphatic hydroxyl groups excluding tert-OH is 1. The molecule has 1 aliphatic rings. The van der Waals surface area contributed by atoms with E-state index in [9.17, 15) is 97.3 Å². The van der Waals surface area contributed by atoms with Crippen LogP contribution in [0.5, 0.6) is 40.2 Å². The number of nitrogens with two attached hydrogens (primary N) is 1. The van der Waals surface area contributed by atoms with Gasteiger partial charge in [-0.15, -0.1) is 13.2 Å². The normalized spacial score (nSPS) is 10.9. The summed E-state index contributed by atoms with van der Waals surface area (Å²) in [5, 5.41) is 62.0. The number of nitrogen functional groups attached to an aromatic ring is 1. The van der Waals surface area contributed by atoms with Crippen LogP contribution in [0.25, 0.3) is 24.3 Å². The van der Waals surface area contributed by atoms with E-state index in [1.54, 1.807) is 113 Å². The molecule has 1 aliphatic heterocycles. The number of aldehydes is 1. The predicted molar refractivity (Wildman–Crippen MR) is 511 cm³/mol. The monoisotopic (exact) mass is 2050 g/mol. The SMILES string of the molecule is C=CC(=O)OCC.C=CC(=O)OCC.CCOC(=O)/C=C/C=C/c1cc(OC)cc([N+](=O)[O-])c1.CCOC(=O)CCCCc1cc(N)cc(OC)c1.COC(=O)/C=C/c1cc(OC)cc([N+](=O)[O-])c1.COc1cc(/C=C/C=O)cc([N+](=O)[O-])c1.COc1cc(/C=C/CO)cc([N+](=O)[O-])c1.COc1cc(Br)cc([N+](=O)[O-])c1.O=C(C(Br)c1ccc(Cl)cc1)N1CCc2ccc(OC(F)(F)F)cc21. The third kappa shape index (κ3) is 49.4. The summed E-state index contributed by atoms with van der Waals surface area (Å²) in [6.45, 7) is 15.4. The van der Waals surface area contributed by atoms with Crippen LogP contribution in [-0.4, -0.2) is 167 Å². The Morgan fingerprint density at radius 3 is 1.33 bits per heavy atom. The number of alkyl halides is 4. The van der Waals surface area contributed by atoms with Gasteiger partial charge in [-0.1, -0.05) is 111 Å². The van der Waals surface area contributed by atoms with Crippen molar-refractivity contribution in [1.82, 2.24) is 0 Å². The van der Waals surface area contributed by atoms with Gasteiger partial charge < -0.3 is 72.6 Å². The molecule has 0 fully saturated rings. The quantitative estimate of drug-likeness (QED) is 0.00361. The number of ether oxygens (including phenoxy) is 12. The summed E-state index contributed by atoms with van der Waals surface area (Å²) in [6.07, 6.45) is 16.2. The van der Waals surface area contributed by atoms with Crippen molar-refractivity contribution < 1.29 is 133 Å². The Kier molecular flexibility index (Phi) is 57.9. The van der Waals surface area contributed by atoms with Crippen molar-refractivity contribution in [1.29, 1.82) is 0 Å². The lowest BCUT2D eigenvalue weighted by atomic mass is 10.1. The second-order valence-electron chi connectivity index (χ2n) is 25.9. The first-order valence-corrected chi connectivity index (χ1v) is 42.0. The van der Waals surface area contributed by atoms with Crippen molar-refractivity contribution in [2.75, 3.05) is 100.0 Å². The molecule has 0 aliphatic carbocycles. The number of rotatable bonds is 34. The average Bonchev–Trinajstić information content (AvgIpc) is 1.64. The zero-order chi connectivity index (χ0) is 102. The number of nitro groups is 5. The minimum absolute atomic E-state index is 0.0150. The number of aryl methyl sites for hydroxylation is 1. The van der Waals surface area contributed by atoms with Crippen LogP contribution in [0.2, 0.25) is 5.02 Å². The van der Waals surface area contributed by atoms with Gasteiger partial charge in [0.25, 0.3) is 28.4 Å². The van der Waals surface area contributed by atoms with Crippen LogP contribution < -0.4 is 43.8 Å². The number of aliphatic hydroxyl groups is 1. The van der Waals surface area contributed by atoms with E-state index in [1.807, 2.05) is 19.1 Å². The highest BCUT2D eigenvalue weighted by atomic mass is 79.9. The zero-order valence-corrected chi connectivity index (χ0v) is 79.5.